The van der Waals surface area contributed by atoms with Gasteiger partial charge in [0.2, 0.25) is 0 Å². The van der Waals surface area contributed by atoms with Gasteiger partial charge in [-0.05, 0) is 19.1 Å². The molecule has 0 aliphatic carbocycles. The Bertz CT molecular complexity index is 1200. The molecule has 0 spiro atoms. The summed E-state index contributed by atoms with van der Waals surface area (Å²) in [6.07, 6.45) is 0. The van der Waals surface area contributed by atoms with E-state index in [1.54, 1.807) is 16.8 Å². The van der Waals surface area contributed by atoms with E-state index in [-0.39, 0.29) is 12.3 Å². The molecule has 0 aliphatic rings. The van der Waals surface area contributed by atoms with Gasteiger partial charge in [0.15, 0.2) is 9.84 Å². The van der Waals surface area contributed by atoms with Gasteiger partial charge in [-0.15, -0.1) is 5.10 Å². The van der Waals surface area contributed by atoms with Crippen molar-refractivity contribution in [3.8, 4) is 22.5 Å². The van der Waals surface area contributed by atoms with Crippen LogP contribution < -0.4 is 0 Å². The van der Waals surface area contributed by atoms with Gasteiger partial charge in [0.05, 0.1) is 22.9 Å². The normalized spacial score (nSPS) is 11.5. The van der Waals surface area contributed by atoms with Crippen LogP contribution in [0.25, 0.3) is 22.5 Å². The van der Waals surface area contributed by atoms with Crippen molar-refractivity contribution in [1.82, 2.24) is 15.0 Å². The van der Waals surface area contributed by atoms with Crippen molar-refractivity contribution in [2.75, 3.05) is 5.75 Å². The highest BCUT2D eigenvalue weighted by Crippen LogP contribution is 2.30. The number of rotatable bonds is 6. The van der Waals surface area contributed by atoms with E-state index in [1.807, 2.05) is 79.7 Å². The molecular weight excluding hydrogens is 382 g/mol. The highest BCUT2D eigenvalue weighted by molar-refractivity contribution is 7.91. The molecule has 5 nitrogen and oxygen atoms in total. The fourth-order valence-electron chi connectivity index (χ4n) is 3.21. The molecule has 1 heterocycles. The Morgan fingerprint density at radius 1 is 0.793 bits per heavy atom. The second-order valence-corrected chi connectivity index (χ2v) is 8.98. The monoisotopic (exact) mass is 403 g/mol. The average molecular weight is 404 g/mol. The fraction of sp³-hybridized carbons (Fsp3) is 0.130. The number of benzene rings is 3. The zero-order valence-electron chi connectivity index (χ0n) is 16.1. The Morgan fingerprint density at radius 2 is 1.38 bits per heavy atom. The molecule has 0 aliphatic heterocycles. The highest BCUT2D eigenvalue weighted by Gasteiger charge is 2.20. The van der Waals surface area contributed by atoms with Crippen LogP contribution in [0, 0.1) is 6.92 Å². The van der Waals surface area contributed by atoms with Crippen LogP contribution in [0.1, 0.15) is 5.56 Å². The van der Waals surface area contributed by atoms with Crippen molar-refractivity contribution >= 4 is 9.84 Å². The zero-order valence-corrected chi connectivity index (χ0v) is 16.9. The van der Waals surface area contributed by atoms with Gasteiger partial charge in [0.25, 0.3) is 0 Å². The predicted octanol–water partition coefficient (Wildman–Crippen LogP) is 4.39. The maximum Gasteiger partial charge on any atom is 0.180 e. The van der Waals surface area contributed by atoms with Gasteiger partial charge in [-0.25, -0.2) is 13.1 Å². The molecule has 0 bridgehead atoms. The lowest BCUT2D eigenvalue weighted by Crippen LogP contribution is -2.15. The predicted molar refractivity (Wildman–Crippen MR) is 114 cm³/mol. The lowest BCUT2D eigenvalue weighted by atomic mass is 10.0. The Hall–Kier alpha value is -3.25. The summed E-state index contributed by atoms with van der Waals surface area (Å²) in [6, 6.07) is 26.5. The van der Waals surface area contributed by atoms with E-state index in [4.69, 9.17) is 0 Å². The minimum Gasteiger partial charge on any atom is -0.243 e. The maximum absolute atomic E-state index is 12.8. The minimum absolute atomic E-state index is 0.0481. The first kappa shape index (κ1) is 19.1. The summed E-state index contributed by atoms with van der Waals surface area (Å²) < 4.78 is 27.2. The second kappa shape index (κ2) is 8.01. The molecule has 0 amide bonds. The van der Waals surface area contributed by atoms with Crippen LogP contribution in [0.5, 0.6) is 0 Å². The third-order valence-electron chi connectivity index (χ3n) is 4.78. The topological polar surface area (TPSA) is 64.8 Å². The molecule has 3 aromatic carbocycles. The third kappa shape index (κ3) is 4.12. The van der Waals surface area contributed by atoms with Crippen molar-refractivity contribution in [2.24, 2.45) is 0 Å². The Labute approximate surface area is 170 Å². The summed E-state index contributed by atoms with van der Waals surface area (Å²) in [5.41, 5.74) is 4.47. The molecular formula is C23H21N3O2S. The summed E-state index contributed by atoms with van der Waals surface area (Å²) >= 11 is 0. The van der Waals surface area contributed by atoms with Crippen molar-refractivity contribution in [3.05, 3.63) is 90.5 Å². The van der Waals surface area contributed by atoms with Crippen LogP contribution in [0.3, 0.4) is 0 Å². The number of aryl methyl sites for hydroxylation is 2. The number of nitrogens with zero attached hydrogens (tertiary/aromatic N) is 3. The highest BCUT2D eigenvalue weighted by atomic mass is 32.2. The van der Waals surface area contributed by atoms with E-state index in [2.05, 4.69) is 10.3 Å². The fourth-order valence-corrected chi connectivity index (χ4v) is 4.41. The van der Waals surface area contributed by atoms with E-state index in [1.165, 1.54) is 0 Å². The first-order valence-electron chi connectivity index (χ1n) is 9.38. The first-order valence-corrected chi connectivity index (χ1v) is 11.0. The largest absolute Gasteiger partial charge is 0.243 e. The number of sulfone groups is 1. The molecule has 0 unspecified atom stereocenters. The quantitative estimate of drug-likeness (QED) is 0.479. The smallest absolute Gasteiger partial charge is 0.180 e. The lowest BCUT2D eigenvalue weighted by Gasteiger charge is -2.10. The molecule has 0 radical (unpaired) electrons. The number of hydrogen-bond acceptors (Lipinski definition) is 4. The van der Waals surface area contributed by atoms with E-state index >= 15 is 0 Å². The summed E-state index contributed by atoms with van der Waals surface area (Å²) in [4.78, 5) is 0.327. The van der Waals surface area contributed by atoms with Gasteiger partial charge in [-0.1, -0.05) is 83.6 Å². The van der Waals surface area contributed by atoms with Gasteiger partial charge >= 0.3 is 0 Å². The van der Waals surface area contributed by atoms with E-state index in [9.17, 15) is 8.42 Å². The van der Waals surface area contributed by atoms with Crippen LogP contribution >= 0.6 is 0 Å². The molecule has 146 valence electrons. The summed E-state index contributed by atoms with van der Waals surface area (Å²) in [7, 11) is -3.42. The lowest BCUT2D eigenvalue weighted by molar-refractivity contribution is 0.576. The van der Waals surface area contributed by atoms with Crippen LogP contribution in [-0.2, 0) is 16.4 Å². The molecule has 4 rings (SSSR count). The molecule has 0 fully saturated rings. The summed E-state index contributed by atoms with van der Waals surface area (Å²) in [5, 5.41) is 8.65. The average Bonchev–Trinajstić information content (AvgIpc) is 3.18. The molecule has 0 atom stereocenters. The third-order valence-corrected chi connectivity index (χ3v) is 6.49. The molecule has 29 heavy (non-hydrogen) atoms. The van der Waals surface area contributed by atoms with Gasteiger partial charge in [-0.3, -0.25) is 0 Å². The molecule has 0 saturated heterocycles. The van der Waals surface area contributed by atoms with Crippen LogP contribution in [-0.4, -0.2) is 29.2 Å². The maximum atomic E-state index is 12.8. The van der Waals surface area contributed by atoms with Gasteiger partial charge in [-0.2, -0.15) is 0 Å². The van der Waals surface area contributed by atoms with Crippen molar-refractivity contribution in [1.29, 1.82) is 0 Å². The van der Waals surface area contributed by atoms with E-state index < -0.39 is 9.84 Å². The summed E-state index contributed by atoms with van der Waals surface area (Å²) in [6.45, 7) is 2.16. The van der Waals surface area contributed by atoms with Gasteiger partial charge < -0.3 is 0 Å². The van der Waals surface area contributed by atoms with Crippen LogP contribution in [0.4, 0.5) is 0 Å². The number of hydrogen-bond donors (Lipinski definition) is 0. The van der Waals surface area contributed by atoms with Gasteiger partial charge in [0, 0.05) is 11.1 Å². The summed E-state index contributed by atoms with van der Waals surface area (Å²) in [5.74, 6) is -0.0481. The van der Waals surface area contributed by atoms with E-state index in [0.29, 0.717) is 4.90 Å². The van der Waals surface area contributed by atoms with Gasteiger partial charge in [0.1, 0.15) is 5.69 Å². The minimum atomic E-state index is -3.42. The van der Waals surface area contributed by atoms with Crippen molar-refractivity contribution in [2.45, 2.75) is 18.4 Å². The molecule has 6 heteroatoms. The molecule has 1 aromatic heterocycles. The first-order chi connectivity index (χ1) is 14.0. The Balaban J connectivity index is 1.69. The molecule has 0 N–H and O–H groups in total. The van der Waals surface area contributed by atoms with Crippen molar-refractivity contribution in [3.63, 3.8) is 0 Å². The SMILES string of the molecule is Cc1ccc(S(=O)(=O)CCn2nnc(-c3ccccc3)c2-c2ccccc2)cc1. The van der Waals surface area contributed by atoms with Crippen LogP contribution in [0.2, 0.25) is 0 Å². The Kier molecular flexibility index (Phi) is 5.27. The Morgan fingerprint density at radius 3 is 2.00 bits per heavy atom. The second-order valence-electron chi connectivity index (χ2n) is 6.87. The zero-order chi connectivity index (χ0) is 20.3. The molecule has 4 aromatic rings. The van der Waals surface area contributed by atoms with E-state index in [0.717, 1.165) is 28.1 Å². The van der Waals surface area contributed by atoms with Crippen LogP contribution in [0.15, 0.2) is 89.8 Å². The number of aromatic nitrogens is 3. The standard InChI is InChI=1S/C23H21N3O2S/c1-18-12-14-21(15-13-18)29(27,28)17-16-26-23(20-10-6-3-7-11-20)22(24-25-26)19-8-4-2-5-9-19/h2-15H,16-17H2,1H3. The molecule has 0 saturated carbocycles. The van der Waals surface area contributed by atoms with Crippen molar-refractivity contribution < 1.29 is 8.42 Å².